The number of imide groups is 1. The van der Waals surface area contributed by atoms with Gasteiger partial charge in [-0.25, -0.2) is 4.79 Å². The van der Waals surface area contributed by atoms with E-state index in [1.807, 2.05) is 25.5 Å². The number of urea groups is 1. The molecule has 1 atom stereocenters. The minimum absolute atomic E-state index is 0.143. The van der Waals surface area contributed by atoms with Crippen LogP contribution in [0.4, 0.5) is 4.79 Å². The molecule has 116 valence electrons. The number of rotatable bonds is 6. The Bertz CT molecular complexity index is 555. The second kappa shape index (κ2) is 6.60. The van der Waals surface area contributed by atoms with Crippen LogP contribution >= 0.6 is 15.9 Å². The van der Waals surface area contributed by atoms with Gasteiger partial charge in [-0.15, -0.1) is 0 Å². The predicted octanol–water partition coefficient (Wildman–Crippen LogP) is 2.45. The minimum atomic E-state index is -0.384. The summed E-state index contributed by atoms with van der Waals surface area (Å²) in [5.41, 5.74) is 1.82. The molecule has 0 aromatic carbocycles. The lowest BCUT2D eigenvalue weighted by atomic mass is 10.1. The van der Waals surface area contributed by atoms with E-state index in [1.54, 1.807) is 0 Å². The quantitative estimate of drug-likeness (QED) is 0.796. The van der Waals surface area contributed by atoms with Gasteiger partial charge in [0, 0.05) is 6.54 Å². The minimum Gasteiger partial charge on any atom is -0.326 e. The molecule has 1 aromatic rings. The van der Waals surface area contributed by atoms with Gasteiger partial charge in [-0.05, 0) is 35.7 Å². The van der Waals surface area contributed by atoms with Crippen molar-refractivity contribution in [2.45, 2.75) is 59.2 Å². The van der Waals surface area contributed by atoms with E-state index in [9.17, 15) is 9.59 Å². The Morgan fingerprint density at radius 3 is 2.57 bits per heavy atom. The zero-order valence-corrected chi connectivity index (χ0v) is 14.2. The fraction of sp³-hybridized carbons (Fsp3) is 0.643. The number of carbonyl (C=O) groups is 2. The third kappa shape index (κ3) is 2.97. The van der Waals surface area contributed by atoms with Crippen LogP contribution in [0.15, 0.2) is 4.47 Å². The number of aromatic nitrogens is 2. The molecule has 1 aliphatic rings. The molecule has 2 heterocycles. The number of hydrogen-bond acceptors (Lipinski definition) is 3. The standard InChI is InChI=1S/C14H21BrN4O2/c1-4-7-10-13(20)18(14(21)16-10)8-11-12(15)9(5-2)17-19(11)6-3/h10H,4-8H2,1-3H3,(H,16,21). The van der Waals surface area contributed by atoms with Crippen LogP contribution in [0.1, 0.15) is 45.0 Å². The Hall–Kier alpha value is -1.37. The lowest BCUT2D eigenvalue weighted by molar-refractivity contribution is -0.128. The zero-order chi connectivity index (χ0) is 15.6. The van der Waals surface area contributed by atoms with Crippen molar-refractivity contribution in [3.05, 3.63) is 15.9 Å². The van der Waals surface area contributed by atoms with E-state index in [4.69, 9.17) is 0 Å². The van der Waals surface area contributed by atoms with Crippen LogP contribution in [-0.4, -0.2) is 32.7 Å². The first-order chi connectivity index (χ1) is 10.0. The van der Waals surface area contributed by atoms with Crippen molar-refractivity contribution in [3.63, 3.8) is 0 Å². The van der Waals surface area contributed by atoms with E-state index in [2.05, 4.69) is 26.3 Å². The summed E-state index contributed by atoms with van der Waals surface area (Å²) in [6.45, 7) is 6.98. The van der Waals surface area contributed by atoms with Crippen molar-refractivity contribution >= 4 is 27.9 Å². The average Bonchev–Trinajstić information content (AvgIpc) is 2.91. The number of amides is 3. The van der Waals surface area contributed by atoms with Crippen molar-refractivity contribution in [2.24, 2.45) is 0 Å². The molecule has 21 heavy (non-hydrogen) atoms. The van der Waals surface area contributed by atoms with Crippen LogP contribution in [0.25, 0.3) is 0 Å². The fourth-order valence-electron chi connectivity index (χ4n) is 2.53. The molecule has 0 spiro atoms. The highest BCUT2D eigenvalue weighted by atomic mass is 79.9. The molecule has 1 N–H and O–H groups in total. The molecule has 0 aliphatic carbocycles. The topological polar surface area (TPSA) is 67.2 Å². The summed E-state index contributed by atoms with van der Waals surface area (Å²) in [4.78, 5) is 25.6. The van der Waals surface area contributed by atoms with Crippen molar-refractivity contribution in [1.29, 1.82) is 0 Å². The fourth-order valence-corrected chi connectivity index (χ4v) is 3.22. The molecule has 1 saturated heterocycles. The molecule has 0 saturated carbocycles. The van der Waals surface area contributed by atoms with Crippen LogP contribution in [0.5, 0.6) is 0 Å². The maximum Gasteiger partial charge on any atom is 0.325 e. The van der Waals surface area contributed by atoms with Crippen LogP contribution in [0.2, 0.25) is 0 Å². The van der Waals surface area contributed by atoms with Gasteiger partial charge in [0.2, 0.25) is 0 Å². The van der Waals surface area contributed by atoms with Crippen LogP contribution in [0, 0.1) is 0 Å². The third-order valence-corrected chi connectivity index (χ3v) is 4.60. The predicted molar refractivity (Wildman–Crippen MR) is 82.8 cm³/mol. The molecule has 1 aromatic heterocycles. The van der Waals surface area contributed by atoms with Gasteiger partial charge in [0.05, 0.1) is 22.4 Å². The van der Waals surface area contributed by atoms with Gasteiger partial charge in [-0.2, -0.15) is 5.10 Å². The summed E-state index contributed by atoms with van der Waals surface area (Å²) in [6, 6.07) is -0.697. The van der Waals surface area contributed by atoms with Crippen molar-refractivity contribution in [2.75, 3.05) is 0 Å². The van der Waals surface area contributed by atoms with Gasteiger partial charge in [-0.3, -0.25) is 14.4 Å². The first kappa shape index (κ1) is 16.0. The van der Waals surface area contributed by atoms with Gasteiger partial charge in [-0.1, -0.05) is 20.3 Å². The maximum atomic E-state index is 12.3. The number of halogens is 1. The zero-order valence-electron chi connectivity index (χ0n) is 12.6. The highest BCUT2D eigenvalue weighted by molar-refractivity contribution is 9.10. The molecule has 0 bridgehead atoms. The van der Waals surface area contributed by atoms with Gasteiger partial charge >= 0.3 is 6.03 Å². The van der Waals surface area contributed by atoms with Crippen LogP contribution in [0.3, 0.4) is 0 Å². The Morgan fingerprint density at radius 1 is 1.29 bits per heavy atom. The molecular formula is C14H21BrN4O2. The summed E-state index contributed by atoms with van der Waals surface area (Å²) < 4.78 is 2.74. The number of carbonyl (C=O) groups excluding carboxylic acids is 2. The van der Waals surface area contributed by atoms with Crippen LogP contribution < -0.4 is 5.32 Å². The van der Waals surface area contributed by atoms with Crippen molar-refractivity contribution in [3.8, 4) is 0 Å². The van der Waals surface area contributed by atoms with E-state index < -0.39 is 0 Å². The molecule has 0 radical (unpaired) electrons. The molecule has 1 fully saturated rings. The van der Waals surface area contributed by atoms with E-state index in [-0.39, 0.29) is 24.5 Å². The molecule has 1 aliphatic heterocycles. The lowest BCUT2D eigenvalue weighted by Gasteiger charge is -2.14. The van der Waals surface area contributed by atoms with E-state index in [0.717, 1.165) is 28.7 Å². The monoisotopic (exact) mass is 356 g/mol. The molecular weight excluding hydrogens is 336 g/mol. The highest BCUT2D eigenvalue weighted by Gasteiger charge is 2.38. The van der Waals surface area contributed by atoms with Gasteiger partial charge in [0.25, 0.3) is 5.91 Å². The van der Waals surface area contributed by atoms with Gasteiger partial charge < -0.3 is 5.32 Å². The van der Waals surface area contributed by atoms with E-state index >= 15 is 0 Å². The van der Waals surface area contributed by atoms with Gasteiger partial charge in [0.1, 0.15) is 6.04 Å². The maximum absolute atomic E-state index is 12.3. The molecule has 2 rings (SSSR count). The van der Waals surface area contributed by atoms with Crippen molar-refractivity contribution in [1.82, 2.24) is 20.0 Å². The molecule has 7 heteroatoms. The Labute approximate surface area is 133 Å². The number of aryl methyl sites for hydroxylation is 2. The number of nitrogens with zero attached hydrogens (tertiary/aromatic N) is 3. The second-order valence-electron chi connectivity index (χ2n) is 5.09. The normalized spacial score (nSPS) is 18.5. The smallest absolute Gasteiger partial charge is 0.325 e. The first-order valence-corrected chi connectivity index (χ1v) is 8.18. The Kier molecular flexibility index (Phi) is 5.03. The SMILES string of the molecule is CCCC1NC(=O)N(Cc2c(Br)c(CC)nn2CC)C1=O. The second-order valence-corrected chi connectivity index (χ2v) is 5.88. The molecule has 1 unspecified atom stereocenters. The summed E-state index contributed by atoms with van der Waals surface area (Å²) in [7, 11) is 0. The van der Waals surface area contributed by atoms with Gasteiger partial charge in [0.15, 0.2) is 0 Å². The third-order valence-electron chi connectivity index (χ3n) is 3.69. The Balaban J connectivity index is 2.24. The number of hydrogen-bond donors (Lipinski definition) is 1. The van der Waals surface area contributed by atoms with Crippen LogP contribution in [-0.2, 0) is 24.3 Å². The Morgan fingerprint density at radius 2 is 2.00 bits per heavy atom. The molecule has 6 nitrogen and oxygen atoms in total. The summed E-state index contributed by atoms with van der Waals surface area (Å²) >= 11 is 3.54. The number of nitrogens with one attached hydrogen (secondary N) is 1. The average molecular weight is 357 g/mol. The first-order valence-electron chi connectivity index (χ1n) is 7.39. The lowest BCUT2D eigenvalue weighted by Crippen LogP contribution is -2.32. The summed E-state index contributed by atoms with van der Waals surface area (Å²) in [5, 5.41) is 7.24. The summed E-state index contributed by atoms with van der Waals surface area (Å²) in [5.74, 6) is -0.143. The van der Waals surface area contributed by atoms with E-state index in [0.29, 0.717) is 13.0 Å². The van der Waals surface area contributed by atoms with Crippen molar-refractivity contribution < 1.29 is 9.59 Å². The van der Waals surface area contributed by atoms with E-state index in [1.165, 1.54) is 4.90 Å². The largest absolute Gasteiger partial charge is 0.326 e. The highest BCUT2D eigenvalue weighted by Crippen LogP contribution is 2.25. The molecule has 3 amide bonds. The summed E-state index contributed by atoms with van der Waals surface area (Å²) in [6.07, 6.45) is 2.34.